The van der Waals surface area contributed by atoms with Crippen LogP contribution in [0.2, 0.25) is 0 Å². The van der Waals surface area contributed by atoms with E-state index in [1.807, 2.05) is 26.1 Å². The lowest BCUT2D eigenvalue weighted by Gasteiger charge is -2.20. The Morgan fingerprint density at radius 2 is 2.33 bits per heavy atom. The van der Waals surface area contributed by atoms with E-state index in [4.69, 9.17) is 10.6 Å². The molecule has 0 bridgehead atoms. The first-order chi connectivity index (χ1) is 8.59. The highest BCUT2D eigenvalue weighted by Gasteiger charge is 2.37. The van der Waals surface area contributed by atoms with Crippen LogP contribution < -0.4 is 5.84 Å². The predicted octanol–water partition coefficient (Wildman–Crippen LogP) is 0.397. The van der Waals surface area contributed by atoms with Crippen LogP contribution in [-0.4, -0.2) is 27.3 Å². The standard InChI is InChI=1S/C12H14N4O2/c1-7-5-8(9-3-4-14-15(9)2)12-10(11(7)17)16(13)6-18-12/h3-5,7H,6,13H2,1-2H3/t7-/m0/s1. The van der Waals surface area contributed by atoms with Gasteiger partial charge in [0.15, 0.2) is 18.3 Å². The Labute approximate surface area is 104 Å². The van der Waals surface area contributed by atoms with Gasteiger partial charge in [-0.1, -0.05) is 13.0 Å². The Kier molecular flexibility index (Phi) is 2.27. The molecule has 0 radical (unpaired) electrons. The number of aromatic nitrogens is 2. The Morgan fingerprint density at radius 3 is 3.00 bits per heavy atom. The zero-order valence-electron chi connectivity index (χ0n) is 10.3. The van der Waals surface area contributed by atoms with Gasteiger partial charge in [-0.05, 0) is 6.07 Å². The number of hydrogen-bond donors (Lipinski definition) is 1. The van der Waals surface area contributed by atoms with Crippen molar-refractivity contribution >= 4 is 11.4 Å². The largest absolute Gasteiger partial charge is 0.469 e. The summed E-state index contributed by atoms with van der Waals surface area (Å²) in [7, 11) is 1.85. The number of ether oxygens (including phenoxy) is 1. The van der Waals surface area contributed by atoms with Gasteiger partial charge in [0, 0.05) is 24.7 Å². The van der Waals surface area contributed by atoms with Crippen LogP contribution in [0.1, 0.15) is 12.6 Å². The monoisotopic (exact) mass is 246 g/mol. The topological polar surface area (TPSA) is 73.4 Å². The number of nitrogens with zero attached hydrogens (tertiary/aromatic N) is 3. The van der Waals surface area contributed by atoms with Gasteiger partial charge in [-0.25, -0.2) is 5.84 Å². The molecule has 0 saturated heterocycles. The van der Waals surface area contributed by atoms with Crippen LogP contribution in [0.5, 0.6) is 0 Å². The minimum atomic E-state index is -0.207. The number of nitrogens with two attached hydrogens (primary N) is 1. The van der Waals surface area contributed by atoms with Gasteiger partial charge in [0.05, 0.1) is 5.69 Å². The van der Waals surface area contributed by atoms with Gasteiger partial charge in [0.2, 0.25) is 0 Å². The van der Waals surface area contributed by atoms with Crippen molar-refractivity contribution < 1.29 is 9.53 Å². The van der Waals surface area contributed by atoms with E-state index < -0.39 is 0 Å². The maximum absolute atomic E-state index is 12.1. The number of hydrazine groups is 1. The number of rotatable bonds is 1. The Morgan fingerprint density at radius 1 is 1.56 bits per heavy atom. The molecular weight excluding hydrogens is 232 g/mol. The van der Waals surface area contributed by atoms with Crippen LogP contribution in [0.4, 0.5) is 0 Å². The van der Waals surface area contributed by atoms with Gasteiger partial charge in [0.1, 0.15) is 5.70 Å². The summed E-state index contributed by atoms with van der Waals surface area (Å²) in [5.74, 6) is 6.12. The second kappa shape index (κ2) is 3.71. The quantitative estimate of drug-likeness (QED) is 0.726. The normalized spacial score (nSPS) is 23.1. The van der Waals surface area contributed by atoms with E-state index in [2.05, 4.69) is 5.10 Å². The third-order valence-corrected chi connectivity index (χ3v) is 3.26. The molecule has 0 saturated carbocycles. The molecule has 1 aromatic rings. The van der Waals surface area contributed by atoms with Gasteiger partial charge >= 0.3 is 0 Å². The van der Waals surface area contributed by atoms with Crippen molar-refractivity contribution in [1.29, 1.82) is 0 Å². The molecule has 2 aliphatic rings. The summed E-state index contributed by atoms with van der Waals surface area (Å²) in [6.07, 6.45) is 3.62. The molecule has 3 rings (SSSR count). The average molecular weight is 246 g/mol. The van der Waals surface area contributed by atoms with E-state index in [9.17, 15) is 4.79 Å². The lowest BCUT2D eigenvalue weighted by molar-refractivity contribution is -0.119. The minimum Gasteiger partial charge on any atom is -0.469 e. The number of carbonyl (C=O) groups excluding carboxylic acids is 1. The molecule has 0 amide bonds. The summed E-state index contributed by atoms with van der Waals surface area (Å²) < 4.78 is 7.28. The number of ketones is 1. The number of carbonyl (C=O) groups is 1. The van der Waals surface area contributed by atoms with E-state index in [0.717, 1.165) is 11.3 Å². The first kappa shape index (κ1) is 11.0. The third-order valence-electron chi connectivity index (χ3n) is 3.26. The van der Waals surface area contributed by atoms with E-state index in [1.165, 1.54) is 5.01 Å². The molecule has 18 heavy (non-hydrogen) atoms. The molecule has 1 aliphatic carbocycles. The molecule has 2 N–H and O–H groups in total. The van der Waals surface area contributed by atoms with Crippen molar-refractivity contribution in [2.75, 3.05) is 6.73 Å². The Bertz CT molecular complexity index is 585. The van der Waals surface area contributed by atoms with Crippen molar-refractivity contribution in [2.24, 2.45) is 18.8 Å². The smallest absolute Gasteiger partial charge is 0.190 e. The summed E-state index contributed by atoms with van der Waals surface area (Å²) in [5, 5.41) is 5.50. The van der Waals surface area contributed by atoms with Gasteiger partial charge in [-0.2, -0.15) is 5.10 Å². The fraction of sp³-hybridized carbons (Fsp3) is 0.333. The van der Waals surface area contributed by atoms with Crippen LogP contribution in [0.3, 0.4) is 0 Å². The molecular formula is C12H14N4O2. The molecule has 1 aromatic heterocycles. The first-order valence-corrected chi connectivity index (χ1v) is 5.73. The number of allylic oxidation sites excluding steroid dienone is 3. The lowest BCUT2D eigenvalue weighted by atomic mass is 9.91. The molecule has 0 spiro atoms. The molecule has 2 heterocycles. The fourth-order valence-corrected chi connectivity index (χ4v) is 2.31. The van der Waals surface area contributed by atoms with Gasteiger partial charge < -0.3 is 4.74 Å². The lowest BCUT2D eigenvalue weighted by Crippen LogP contribution is -2.34. The molecule has 0 aromatic carbocycles. The summed E-state index contributed by atoms with van der Waals surface area (Å²) in [5.41, 5.74) is 2.25. The van der Waals surface area contributed by atoms with E-state index in [1.54, 1.807) is 10.9 Å². The Hall–Kier alpha value is -2.08. The first-order valence-electron chi connectivity index (χ1n) is 5.73. The molecule has 1 aliphatic heterocycles. The zero-order chi connectivity index (χ0) is 12.9. The summed E-state index contributed by atoms with van der Waals surface area (Å²) in [4.78, 5) is 12.1. The van der Waals surface area contributed by atoms with Crippen LogP contribution >= 0.6 is 0 Å². The van der Waals surface area contributed by atoms with E-state index in [0.29, 0.717) is 11.5 Å². The number of Topliss-reactive ketones (excluding diaryl/α,β-unsaturated/α-hetero) is 1. The van der Waals surface area contributed by atoms with Gasteiger partial charge in [-0.3, -0.25) is 14.5 Å². The zero-order valence-corrected chi connectivity index (χ0v) is 10.3. The summed E-state index contributed by atoms with van der Waals surface area (Å²) >= 11 is 0. The van der Waals surface area contributed by atoms with E-state index >= 15 is 0 Å². The van der Waals surface area contributed by atoms with Crippen molar-refractivity contribution in [3.8, 4) is 0 Å². The average Bonchev–Trinajstić information content (AvgIpc) is 2.91. The maximum atomic E-state index is 12.1. The van der Waals surface area contributed by atoms with Crippen molar-refractivity contribution in [2.45, 2.75) is 6.92 Å². The Balaban J connectivity index is 2.16. The molecule has 6 heteroatoms. The molecule has 0 fully saturated rings. The van der Waals surface area contributed by atoms with Crippen LogP contribution in [0.15, 0.2) is 29.8 Å². The summed E-state index contributed by atoms with van der Waals surface area (Å²) in [6, 6.07) is 1.89. The second-order valence-electron chi connectivity index (χ2n) is 4.49. The van der Waals surface area contributed by atoms with Crippen molar-refractivity contribution in [3.05, 3.63) is 35.5 Å². The number of hydrogen-bond acceptors (Lipinski definition) is 5. The molecule has 0 unspecified atom stereocenters. The highest BCUT2D eigenvalue weighted by atomic mass is 16.5. The maximum Gasteiger partial charge on any atom is 0.190 e. The highest BCUT2D eigenvalue weighted by Crippen LogP contribution is 2.37. The number of aryl methyl sites for hydroxylation is 1. The van der Waals surface area contributed by atoms with Gasteiger partial charge in [0.25, 0.3) is 0 Å². The summed E-state index contributed by atoms with van der Waals surface area (Å²) in [6.45, 7) is 2.06. The fourth-order valence-electron chi connectivity index (χ4n) is 2.31. The molecule has 94 valence electrons. The molecule has 6 nitrogen and oxygen atoms in total. The van der Waals surface area contributed by atoms with E-state index in [-0.39, 0.29) is 18.4 Å². The van der Waals surface area contributed by atoms with Crippen molar-refractivity contribution in [1.82, 2.24) is 14.8 Å². The highest BCUT2D eigenvalue weighted by molar-refractivity contribution is 6.05. The van der Waals surface area contributed by atoms with Crippen LogP contribution in [0, 0.1) is 5.92 Å². The van der Waals surface area contributed by atoms with Gasteiger partial charge in [-0.15, -0.1) is 0 Å². The van der Waals surface area contributed by atoms with Crippen LogP contribution in [0.25, 0.3) is 5.57 Å². The third kappa shape index (κ3) is 1.39. The SMILES string of the molecule is C[C@H]1C=C(c2ccnn2C)C2=C(C1=O)N(N)CO2. The van der Waals surface area contributed by atoms with Crippen LogP contribution in [-0.2, 0) is 16.6 Å². The second-order valence-corrected chi connectivity index (χ2v) is 4.49. The molecule has 1 atom stereocenters. The van der Waals surface area contributed by atoms with Crippen molar-refractivity contribution in [3.63, 3.8) is 0 Å². The predicted molar refractivity (Wildman–Crippen MR) is 64.4 cm³/mol. The minimum absolute atomic E-state index is 0.00378.